The molecule has 1 atom stereocenters. The van der Waals surface area contributed by atoms with Gasteiger partial charge in [0.05, 0.1) is 5.69 Å². The number of likely N-dealkylation sites (tertiary alicyclic amines) is 1. The van der Waals surface area contributed by atoms with E-state index in [0.29, 0.717) is 11.5 Å². The molecular weight excluding hydrogens is 254 g/mol. The Hall–Kier alpha value is -1.56. The van der Waals surface area contributed by atoms with Gasteiger partial charge >= 0.3 is 0 Å². The van der Waals surface area contributed by atoms with Crippen LogP contribution in [0.3, 0.4) is 0 Å². The molecule has 2 rings (SSSR count). The highest BCUT2D eigenvalue weighted by Crippen LogP contribution is 2.26. The fourth-order valence-electron chi connectivity index (χ4n) is 2.06. The first-order valence-corrected chi connectivity index (χ1v) is 6.10. The Labute approximate surface area is 110 Å². The second-order valence-corrected chi connectivity index (χ2v) is 4.72. The molecule has 1 N–H and O–H groups in total. The van der Waals surface area contributed by atoms with Crippen molar-refractivity contribution in [1.82, 2.24) is 15.1 Å². The average Bonchev–Trinajstić information content (AvgIpc) is 2.33. The Balaban J connectivity index is 2.15. The first-order chi connectivity index (χ1) is 8.69. The van der Waals surface area contributed by atoms with Gasteiger partial charge in [0.25, 0.3) is 0 Å². The van der Waals surface area contributed by atoms with Crippen LogP contribution in [0.4, 0.5) is 11.5 Å². The zero-order valence-corrected chi connectivity index (χ0v) is 10.8. The first-order valence-electron chi connectivity index (χ1n) is 5.72. The van der Waals surface area contributed by atoms with Crippen molar-refractivity contribution in [2.24, 2.45) is 5.11 Å². The number of likely N-dealkylation sites (N-methyl/N-ethyl adjacent to an activating group) is 1. The van der Waals surface area contributed by atoms with E-state index < -0.39 is 0 Å². The van der Waals surface area contributed by atoms with E-state index in [0.717, 1.165) is 25.9 Å². The molecule has 1 saturated heterocycles. The first kappa shape index (κ1) is 12.9. The summed E-state index contributed by atoms with van der Waals surface area (Å²) in [5.74, 6) is 0.484. The smallest absolute Gasteiger partial charge is 0.158 e. The molecule has 18 heavy (non-hydrogen) atoms. The van der Waals surface area contributed by atoms with Crippen molar-refractivity contribution in [2.75, 3.05) is 25.5 Å². The van der Waals surface area contributed by atoms with Crippen LogP contribution in [0.25, 0.3) is 10.4 Å². The van der Waals surface area contributed by atoms with Crippen LogP contribution in [0.15, 0.2) is 11.2 Å². The lowest BCUT2D eigenvalue weighted by atomic mass is 10.1. The minimum Gasteiger partial charge on any atom is -0.364 e. The van der Waals surface area contributed by atoms with Crippen LogP contribution in [-0.4, -0.2) is 41.3 Å². The summed E-state index contributed by atoms with van der Waals surface area (Å²) >= 11 is 5.73. The van der Waals surface area contributed by atoms with Crippen LogP contribution in [0.2, 0.25) is 5.15 Å². The molecule has 1 fully saturated rings. The van der Waals surface area contributed by atoms with E-state index in [-0.39, 0.29) is 11.2 Å². The van der Waals surface area contributed by atoms with Gasteiger partial charge in [0.15, 0.2) is 11.0 Å². The predicted octanol–water partition coefficient (Wildman–Crippen LogP) is 2.58. The summed E-state index contributed by atoms with van der Waals surface area (Å²) in [6.07, 6.45) is 2.19. The monoisotopic (exact) mass is 267 g/mol. The van der Waals surface area contributed by atoms with Gasteiger partial charge in [-0.05, 0) is 38.0 Å². The van der Waals surface area contributed by atoms with Gasteiger partial charge in [0.2, 0.25) is 0 Å². The topological polar surface area (TPSA) is 89.8 Å². The largest absolute Gasteiger partial charge is 0.364 e. The second-order valence-electron chi connectivity index (χ2n) is 4.34. The summed E-state index contributed by atoms with van der Waals surface area (Å²) < 4.78 is 0. The number of hydrogen-bond donors (Lipinski definition) is 1. The lowest BCUT2D eigenvalue weighted by Crippen LogP contribution is -2.39. The highest BCUT2D eigenvalue weighted by Gasteiger charge is 2.18. The zero-order chi connectivity index (χ0) is 13.0. The maximum atomic E-state index is 8.51. The summed E-state index contributed by atoms with van der Waals surface area (Å²) in [5, 5.41) is 14.7. The fourth-order valence-corrected chi connectivity index (χ4v) is 2.20. The Morgan fingerprint density at radius 3 is 3.17 bits per heavy atom. The third kappa shape index (κ3) is 3.22. The molecule has 0 bridgehead atoms. The van der Waals surface area contributed by atoms with E-state index >= 15 is 0 Å². The van der Waals surface area contributed by atoms with Gasteiger partial charge in [-0.3, -0.25) is 0 Å². The molecule has 0 saturated carbocycles. The minimum atomic E-state index is 0.212. The molecule has 1 aromatic heterocycles. The normalized spacial score (nSPS) is 20.2. The number of anilines is 1. The number of nitrogens with zero attached hydrogens (tertiary/aromatic N) is 6. The summed E-state index contributed by atoms with van der Waals surface area (Å²) in [7, 11) is 2.08. The van der Waals surface area contributed by atoms with Gasteiger partial charge in [-0.15, -0.1) is 10.2 Å². The lowest BCUT2D eigenvalue weighted by Gasteiger charge is -2.30. The maximum absolute atomic E-state index is 8.51. The molecule has 0 amide bonds. The van der Waals surface area contributed by atoms with Gasteiger partial charge in [-0.25, -0.2) is 0 Å². The molecule has 1 aromatic rings. The van der Waals surface area contributed by atoms with Crippen molar-refractivity contribution in [2.45, 2.75) is 18.9 Å². The highest BCUT2D eigenvalue weighted by atomic mass is 35.5. The van der Waals surface area contributed by atoms with Crippen LogP contribution >= 0.6 is 11.6 Å². The van der Waals surface area contributed by atoms with Gasteiger partial charge in [-0.2, -0.15) is 0 Å². The molecule has 0 spiro atoms. The standard InChI is InChI=1S/C10H14ClN7/c1-18-4-2-3-7(6-18)13-10-8(14-17-12)5-9(11)15-16-10/h5,7H,2-4,6H2,1H3,(H,13,16)/t7-/m1/s1. The van der Waals surface area contributed by atoms with E-state index in [1.165, 1.54) is 6.07 Å². The Kier molecular flexibility index (Phi) is 4.19. The summed E-state index contributed by atoms with van der Waals surface area (Å²) in [6, 6.07) is 1.79. The number of rotatable bonds is 3. The second kappa shape index (κ2) is 5.86. The van der Waals surface area contributed by atoms with Crippen LogP contribution < -0.4 is 5.32 Å². The number of aromatic nitrogens is 2. The van der Waals surface area contributed by atoms with Crippen molar-refractivity contribution in [3.63, 3.8) is 0 Å². The molecule has 0 aromatic carbocycles. The molecule has 0 unspecified atom stereocenters. The lowest BCUT2D eigenvalue weighted by molar-refractivity contribution is 0.260. The van der Waals surface area contributed by atoms with E-state index in [1.807, 2.05) is 0 Å². The molecule has 7 nitrogen and oxygen atoms in total. The van der Waals surface area contributed by atoms with Gasteiger partial charge in [-0.1, -0.05) is 16.7 Å². The van der Waals surface area contributed by atoms with E-state index in [1.54, 1.807) is 0 Å². The quantitative estimate of drug-likeness (QED) is 0.518. The third-order valence-corrected chi connectivity index (χ3v) is 3.05. The Morgan fingerprint density at radius 1 is 1.61 bits per heavy atom. The third-order valence-electron chi connectivity index (χ3n) is 2.86. The van der Waals surface area contributed by atoms with E-state index in [9.17, 15) is 0 Å². The average molecular weight is 268 g/mol. The summed E-state index contributed by atoms with van der Waals surface area (Å²) in [5.41, 5.74) is 8.89. The predicted molar refractivity (Wildman–Crippen MR) is 70.0 cm³/mol. The molecule has 2 heterocycles. The van der Waals surface area contributed by atoms with Crippen LogP contribution in [-0.2, 0) is 0 Å². The molecule has 1 aliphatic rings. The molecule has 0 aliphatic carbocycles. The van der Waals surface area contributed by atoms with E-state index in [2.05, 4.69) is 37.5 Å². The van der Waals surface area contributed by atoms with Gasteiger partial charge < -0.3 is 10.2 Å². The number of halogens is 1. The van der Waals surface area contributed by atoms with Gasteiger partial charge in [0, 0.05) is 17.5 Å². The molecule has 0 radical (unpaired) electrons. The fraction of sp³-hybridized carbons (Fsp3) is 0.600. The molecule has 8 heteroatoms. The number of nitrogens with one attached hydrogen (secondary N) is 1. The van der Waals surface area contributed by atoms with Crippen LogP contribution in [0, 0.1) is 0 Å². The number of piperidine rings is 1. The van der Waals surface area contributed by atoms with Crippen molar-refractivity contribution in [3.8, 4) is 0 Å². The zero-order valence-electron chi connectivity index (χ0n) is 10.0. The highest BCUT2D eigenvalue weighted by molar-refractivity contribution is 6.29. The molecular formula is C10H14ClN7. The van der Waals surface area contributed by atoms with E-state index in [4.69, 9.17) is 17.1 Å². The number of azide groups is 1. The SMILES string of the molecule is CN1CCC[C@@H](Nc2nnc(Cl)cc2N=[N+]=[N-])C1. The summed E-state index contributed by atoms with van der Waals surface area (Å²) in [6.45, 7) is 2.04. The minimum absolute atomic E-state index is 0.212. The molecule has 96 valence electrons. The summed E-state index contributed by atoms with van der Waals surface area (Å²) in [4.78, 5) is 5.01. The van der Waals surface area contributed by atoms with Crippen molar-refractivity contribution in [1.29, 1.82) is 0 Å². The Morgan fingerprint density at radius 2 is 2.44 bits per heavy atom. The number of hydrogen-bond acceptors (Lipinski definition) is 5. The Bertz CT molecular complexity index is 471. The van der Waals surface area contributed by atoms with Crippen LogP contribution in [0.1, 0.15) is 12.8 Å². The van der Waals surface area contributed by atoms with Gasteiger partial charge in [0.1, 0.15) is 0 Å². The maximum Gasteiger partial charge on any atom is 0.158 e. The van der Waals surface area contributed by atoms with Crippen molar-refractivity contribution >= 4 is 23.1 Å². The molecule has 1 aliphatic heterocycles. The van der Waals surface area contributed by atoms with Crippen LogP contribution in [0.5, 0.6) is 0 Å². The van der Waals surface area contributed by atoms with Crippen molar-refractivity contribution < 1.29 is 0 Å². The van der Waals surface area contributed by atoms with Crippen molar-refractivity contribution in [3.05, 3.63) is 21.7 Å².